The molecule has 8 heteroatoms. The smallest absolute Gasteiger partial charge is 0.362 e. The van der Waals surface area contributed by atoms with Gasteiger partial charge in [0.05, 0.1) is 17.6 Å². The summed E-state index contributed by atoms with van der Waals surface area (Å²) in [6, 6.07) is 8.41. The molecule has 2 heterocycles. The molecule has 1 aromatic heterocycles. The van der Waals surface area contributed by atoms with Crippen molar-refractivity contribution >= 4 is 22.7 Å². The van der Waals surface area contributed by atoms with Crippen molar-refractivity contribution in [2.75, 3.05) is 13.2 Å². The molecule has 3 aliphatic rings. The average Bonchev–Trinajstić information content (AvgIpc) is 3.28. The van der Waals surface area contributed by atoms with Gasteiger partial charge in [-0.3, -0.25) is 9.69 Å². The van der Waals surface area contributed by atoms with Crippen LogP contribution in [0.25, 0.3) is 11.0 Å². The Balaban J connectivity index is 1.44. The molecule has 0 radical (unpaired) electrons. The highest BCUT2D eigenvalue weighted by Crippen LogP contribution is 2.42. The summed E-state index contributed by atoms with van der Waals surface area (Å²) in [6.45, 7) is 4.99. The Kier molecular flexibility index (Phi) is 7.93. The summed E-state index contributed by atoms with van der Waals surface area (Å²) < 4.78 is 6.76. The predicted molar refractivity (Wildman–Crippen MR) is 143 cm³/mol. The van der Waals surface area contributed by atoms with Crippen LogP contribution in [0.4, 0.5) is 0 Å². The Labute approximate surface area is 218 Å². The zero-order valence-electron chi connectivity index (χ0n) is 22.1. The number of ether oxygens (including phenoxy) is 1. The summed E-state index contributed by atoms with van der Waals surface area (Å²) in [6.07, 6.45) is 12.8. The molecule has 4 atom stereocenters. The van der Waals surface area contributed by atoms with E-state index in [0.29, 0.717) is 17.6 Å². The molecular weight excluding hydrogens is 468 g/mol. The van der Waals surface area contributed by atoms with Crippen LogP contribution in [0.3, 0.4) is 0 Å². The maximum atomic E-state index is 13.7. The zero-order valence-corrected chi connectivity index (χ0v) is 22.1. The standard InChI is InChI=1S/C29H40N4O4/c1-3-37-29(35)27(31-36)26-28(34)33(25-13-7-6-12-24(25)30-26)19(2)15-22-11-8-14-32(22)23-17-20-9-4-5-10-21(16-20)18-23/h6-7,12-13,19-23,36H,3-5,8-11,14-18H2,1-2H3/b31-27-/t19-,20?,21?,22-,23?/m0/s1. The molecule has 200 valence electrons. The van der Waals surface area contributed by atoms with Crippen molar-refractivity contribution in [3.63, 3.8) is 0 Å². The number of fused-ring (bicyclic) bond motifs is 3. The molecule has 0 amide bonds. The maximum Gasteiger partial charge on any atom is 0.362 e. The van der Waals surface area contributed by atoms with Gasteiger partial charge < -0.3 is 14.5 Å². The van der Waals surface area contributed by atoms with Crippen molar-refractivity contribution in [2.45, 2.75) is 96.2 Å². The molecule has 1 aromatic carbocycles. The highest BCUT2D eigenvalue weighted by atomic mass is 16.5. The van der Waals surface area contributed by atoms with E-state index in [1.54, 1.807) is 11.5 Å². The fourth-order valence-corrected chi connectivity index (χ4v) is 7.36. The molecule has 2 bridgehead atoms. The third-order valence-electron chi connectivity index (χ3n) is 8.89. The predicted octanol–water partition coefficient (Wildman–Crippen LogP) is 4.91. The first-order chi connectivity index (χ1) is 18.0. The van der Waals surface area contributed by atoms with Gasteiger partial charge in [-0.2, -0.15) is 0 Å². The number of esters is 1. The van der Waals surface area contributed by atoms with E-state index in [0.717, 1.165) is 36.7 Å². The Morgan fingerprint density at radius 1 is 1.14 bits per heavy atom. The number of likely N-dealkylation sites (tertiary alicyclic amines) is 1. The van der Waals surface area contributed by atoms with Crippen LogP contribution in [0.15, 0.2) is 34.2 Å². The summed E-state index contributed by atoms with van der Waals surface area (Å²) in [5, 5.41) is 12.7. The van der Waals surface area contributed by atoms with Gasteiger partial charge in [0.15, 0.2) is 5.69 Å². The lowest BCUT2D eigenvalue weighted by atomic mass is 9.77. The number of oxime groups is 1. The molecule has 2 aliphatic carbocycles. The first kappa shape index (κ1) is 25.9. The molecule has 5 rings (SSSR count). The molecule has 2 unspecified atom stereocenters. The molecule has 1 aliphatic heterocycles. The van der Waals surface area contributed by atoms with E-state index in [1.165, 1.54) is 51.4 Å². The van der Waals surface area contributed by atoms with Crippen LogP contribution in [-0.4, -0.2) is 56.6 Å². The van der Waals surface area contributed by atoms with Gasteiger partial charge in [0.2, 0.25) is 5.71 Å². The van der Waals surface area contributed by atoms with Crippen LogP contribution < -0.4 is 5.56 Å². The molecule has 2 saturated carbocycles. The van der Waals surface area contributed by atoms with Gasteiger partial charge in [0.1, 0.15) is 0 Å². The van der Waals surface area contributed by atoms with E-state index in [-0.39, 0.29) is 18.3 Å². The summed E-state index contributed by atoms with van der Waals surface area (Å²) in [4.78, 5) is 33.4. The largest absolute Gasteiger partial charge is 0.461 e. The van der Waals surface area contributed by atoms with E-state index in [2.05, 4.69) is 22.0 Å². The van der Waals surface area contributed by atoms with Crippen LogP contribution in [0, 0.1) is 11.8 Å². The lowest BCUT2D eigenvalue weighted by Crippen LogP contribution is -2.44. The van der Waals surface area contributed by atoms with Crippen LogP contribution in [0.5, 0.6) is 0 Å². The quantitative estimate of drug-likeness (QED) is 0.247. The topological polar surface area (TPSA) is 97.0 Å². The summed E-state index contributed by atoms with van der Waals surface area (Å²) in [7, 11) is 0. The van der Waals surface area contributed by atoms with Crippen molar-refractivity contribution in [1.29, 1.82) is 0 Å². The van der Waals surface area contributed by atoms with Gasteiger partial charge in [0.25, 0.3) is 5.56 Å². The molecule has 37 heavy (non-hydrogen) atoms. The molecule has 3 fully saturated rings. The maximum absolute atomic E-state index is 13.7. The summed E-state index contributed by atoms with van der Waals surface area (Å²) >= 11 is 0. The van der Waals surface area contributed by atoms with Gasteiger partial charge in [-0.05, 0) is 82.9 Å². The van der Waals surface area contributed by atoms with Crippen molar-refractivity contribution < 1.29 is 14.7 Å². The SMILES string of the molecule is CCOC(=O)/C(=N\O)c1nc2ccccc2n([C@@H](C)C[C@@H]2CCCN2C2CC3CCCCC(C3)C2)c1=O. The Bertz CT molecular complexity index is 1190. The number of hydrogen-bond acceptors (Lipinski definition) is 7. The average molecular weight is 509 g/mol. The molecular formula is C29H40N4O4. The van der Waals surface area contributed by atoms with Crippen molar-refractivity contribution in [3.05, 3.63) is 40.3 Å². The van der Waals surface area contributed by atoms with Gasteiger partial charge >= 0.3 is 5.97 Å². The monoisotopic (exact) mass is 508 g/mol. The second kappa shape index (κ2) is 11.3. The minimum atomic E-state index is -0.857. The summed E-state index contributed by atoms with van der Waals surface area (Å²) in [5.41, 5.74) is 0.240. The van der Waals surface area contributed by atoms with Gasteiger partial charge in [-0.15, -0.1) is 0 Å². The van der Waals surface area contributed by atoms with Gasteiger partial charge in [-0.25, -0.2) is 9.78 Å². The number of hydrogen-bond donors (Lipinski definition) is 1. The van der Waals surface area contributed by atoms with Crippen molar-refractivity contribution in [3.8, 4) is 0 Å². The number of aromatic nitrogens is 2. The van der Waals surface area contributed by atoms with E-state index in [4.69, 9.17) is 4.74 Å². The van der Waals surface area contributed by atoms with E-state index in [1.807, 2.05) is 24.3 Å². The van der Waals surface area contributed by atoms with Crippen LogP contribution in [-0.2, 0) is 9.53 Å². The van der Waals surface area contributed by atoms with Crippen LogP contribution in [0.1, 0.15) is 89.8 Å². The van der Waals surface area contributed by atoms with E-state index in [9.17, 15) is 14.8 Å². The highest BCUT2D eigenvalue weighted by Gasteiger charge is 2.38. The fraction of sp³-hybridized carbons (Fsp3) is 0.655. The molecule has 1 N–H and O–H groups in total. The number of benzene rings is 1. The number of carbonyl (C=O) groups excluding carboxylic acids is 1. The fourth-order valence-electron chi connectivity index (χ4n) is 7.36. The number of carbonyl (C=O) groups is 1. The van der Waals surface area contributed by atoms with Gasteiger partial charge in [0, 0.05) is 18.1 Å². The highest BCUT2D eigenvalue weighted by molar-refractivity contribution is 6.42. The Morgan fingerprint density at radius 3 is 2.57 bits per heavy atom. The lowest BCUT2D eigenvalue weighted by Gasteiger charge is -2.41. The molecule has 8 nitrogen and oxygen atoms in total. The van der Waals surface area contributed by atoms with Gasteiger partial charge in [-0.1, -0.05) is 43.0 Å². The van der Waals surface area contributed by atoms with Crippen LogP contribution in [0.2, 0.25) is 0 Å². The Morgan fingerprint density at radius 2 is 1.86 bits per heavy atom. The minimum absolute atomic E-state index is 0.108. The first-order valence-corrected chi connectivity index (χ1v) is 14.2. The number of nitrogens with zero attached hydrogens (tertiary/aromatic N) is 4. The Hall–Kier alpha value is -2.74. The second-order valence-corrected chi connectivity index (χ2v) is 11.3. The zero-order chi connectivity index (χ0) is 25.9. The third-order valence-corrected chi connectivity index (χ3v) is 8.89. The number of rotatable bonds is 7. The van der Waals surface area contributed by atoms with Crippen molar-refractivity contribution in [1.82, 2.24) is 14.5 Å². The summed E-state index contributed by atoms with van der Waals surface area (Å²) in [5.74, 6) is 0.890. The lowest BCUT2D eigenvalue weighted by molar-refractivity contribution is -0.135. The third kappa shape index (κ3) is 5.31. The van der Waals surface area contributed by atoms with Crippen molar-refractivity contribution in [2.24, 2.45) is 17.0 Å². The minimum Gasteiger partial charge on any atom is -0.461 e. The molecule has 0 spiro atoms. The number of para-hydroxylation sites is 2. The van der Waals surface area contributed by atoms with E-state index >= 15 is 0 Å². The molecule has 1 saturated heterocycles. The molecule has 2 aromatic rings. The normalized spacial score (nSPS) is 27.7. The van der Waals surface area contributed by atoms with Crippen LogP contribution >= 0.6 is 0 Å². The van der Waals surface area contributed by atoms with E-state index < -0.39 is 17.2 Å². The second-order valence-electron chi connectivity index (χ2n) is 11.3. The first-order valence-electron chi connectivity index (χ1n) is 14.2.